The number of hydrogen-bond donors (Lipinski definition) is 2. The number of rotatable bonds is 3. The van der Waals surface area contributed by atoms with Crippen LogP contribution >= 0.6 is 0 Å². The van der Waals surface area contributed by atoms with E-state index in [4.69, 9.17) is 9.52 Å². The molecule has 1 aliphatic carbocycles. The van der Waals surface area contributed by atoms with Gasteiger partial charge in [-0.05, 0) is 12.8 Å². The van der Waals surface area contributed by atoms with Crippen molar-refractivity contribution in [2.75, 3.05) is 0 Å². The van der Waals surface area contributed by atoms with Gasteiger partial charge in [0.25, 0.3) is 5.91 Å². The molecule has 0 atom stereocenters. The Bertz CT molecular complexity index is 404. The molecule has 1 amide bonds. The Labute approximate surface area is 92.4 Å². The Hall–Kier alpha value is -1.78. The van der Waals surface area contributed by atoms with Gasteiger partial charge in [0.2, 0.25) is 0 Å². The van der Waals surface area contributed by atoms with Crippen molar-refractivity contribution in [3.8, 4) is 0 Å². The van der Waals surface area contributed by atoms with Gasteiger partial charge >= 0.3 is 5.97 Å². The predicted octanol–water partition coefficient (Wildman–Crippen LogP) is 1.65. The number of furan rings is 1. The predicted molar refractivity (Wildman–Crippen MR) is 55.4 cm³/mol. The summed E-state index contributed by atoms with van der Waals surface area (Å²) in [5.74, 6) is -1.37. The maximum absolute atomic E-state index is 11.6. The fraction of sp³-hybridized carbons (Fsp3) is 0.455. The molecule has 0 bridgehead atoms. The third-order valence-corrected chi connectivity index (χ3v) is 2.76. The van der Waals surface area contributed by atoms with E-state index in [-0.39, 0.29) is 23.3 Å². The molecule has 0 aliphatic heterocycles. The van der Waals surface area contributed by atoms with Gasteiger partial charge in [-0.2, -0.15) is 0 Å². The van der Waals surface area contributed by atoms with Crippen LogP contribution in [0.3, 0.4) is 0 Å². The van der Waals surface area contributed by atoms with E-state index in [1.807, 2.05) is 0 Å². The fourth-order valence-corrected chi connectivity index (χ4v) is 1.89. The van der Waals surface area contributed by atoms with E-state index < -0.39 is 5.97 Å². The highest BCUT2D eigenvalue weighted by molar-refractivity contribution is 5.95. The first kappa shape index (κ1) is 10.7. The molecular formula is C11H13NO4. The summed E-state index contributed by atoms with van der Waals surface area (Å²) in [7, 11) is 0. The number of hydrogen-bond acceptors (Lipinski definition) is 3. The average molecular weight is 223 g/mol. The molecule has 1 aliphatic rings. The zero-order chi connectivity index (χ0) is 11.5. The van der Waals surface area contributed by atoms with Crippen molar-refractivity contribution in [2.24, 2.45) is 0 Å². The van der Waals surface area contributed by atoms with Crippen molar-refractivity contribution in [2.45, 2.75) is 31.7 Å². The molecule has 0 unspecified atom stereocenters. The molecule has 1 saturated carbocycles. The third-order valence-electron chi connectivity index (χ3n) is 2.76. The molecular weight excluding hydrogens is 210 g/mol. The summed E-state index contributed by atoms with van der Waals surface area (Å²) in [6, 6.07) is 1.44. The fourth-order valence-electron chi connectivity index (χ4n) is 1.89. The number of carbonyl (C=O) groups excluding carboxylic acids is 1. The highest BCUT2D eigenvalue weighted by atomic mass is 16.4. The molecule has 1 heterocycles. The van der Waals surface area contributed by atoms with Crippen molar-refractivity contribution in [3.63, 3.8) is 0 Å². The molecule has 1 aromatic heterocycles. The normalized spacial score (nSPS) is 16.2. The molecule has 16 heavy (non-hydrogen) atoms. The minimum Gasteiger partial charge on any atom is -0.478 e. The molecule has 1 aromatic rings. The Balaban J connectivity index is 1.99. The molecule has 0 saturated heterocycles. The van der Waals surface area contributed by atoms with Crippen LogP contribution in [0.15, 0.2) is 16.7 Å². The number of carbonyl (C=O) groups is 2. The standard InChI is InChI=1S/C11H13NO4/c13-10(12-8-3-1-2-4-8)9-5-7(6-16-9)11(14)15/h5-6,8H,1-4H2,(H,12,13)(H,14,15). The van der Waals surface area contributed by atoms with E-state index >= 15 is 0 Å². The van der Waals surface area contributed by atoms with Crippen LogP contribution in [0.2, 0.25) is 0 Å². The summed E-state index contributed by atoms with van der Waals surface area (Å²) in [5.41, 5.74) is -0.00317. The molecule has 5 heteroatoms. The highest BCUT2D eigenvalue weighted by Crippen LogP contribution is 2.18. The largest absolute Gasteiger partial charge is 0.478 e. The van der Waals surface area contributed by atoms with Gasteiger partial charge in [0.05, 0.1) is 5.56 Å². The second kappa shape index (κ2) is 4.38. The number of aromatic carboxylic acids is 1. The van der Waals surface area contributed by atoms with Gasteiger partial charge in [-0.25, -0.2) is 4.79 Å². The van der Waals surface area contributed by atoms with Crippen LogP contribution in [0.25, 0.3) is 0 Å². The summed E-state index contributed by atoms with van der Waals surface area (Å²) in [4.78, 5) is 22.2. The Morgan fingerprint density at radius 2 is 2.06 bits per heavy atom. The topological polar surface area (TPSA) is 79.5 Å². The zero-order valence-corrected chi connectivity index (χ0v) is 8.73. The van der Waals surface area contributed by atoms with Crippen molar-refractivity contribution in [3.05, 3.63) is 23.7 Å². The monoisotopic (exact) mass is 223 g/mol. The van der Waals surface area contributed by atoms with Crippen LogP contribution in [0.1, 0.15) is 46.6 Å². The summed E-state index contributed by atoms with van der Waals surface area (Å²) < 4.78 is 4.91. The van der Waals surface area contributed by atoms with Crippen molar-refractivity contribution >= 4 is 11.9 Å². The molecule has 1 fully saturated rings. The first-order chi connectivity index (χ1) is 7.66. The molecule has 0 aromatic carbocycles. The Kier molecular flexibility index (Phi) is 2.94. The van der Waals surface area contributed by atoms with E-state index in [2.05, 4.69) is 5.32 Å². The Morgan fingerprint density at radius 1 is 1.38 bits per heavy atom. The summed E-state index contributed by atoms with van der Waals surface area (Å²) in [5, 5.41) is 11.5. The first-order valence-corrected chi connectivity index (χ1v) is 5.29. The quantitative estimate of drug-likeness (QED) is 0.816. The minimum absolute atomic E-state index is 0.00317. The zero-order valence-electron chi connectivity index (χ0n) is 8.73. The molecule has 5 nitrogen and oxygen atoms in total. The lowest BCUT2D eigenvalue weighted by Crippen LogP contribution is -2.32. The molecule has 0 radical (unpaired) electrons. The second-order valence-corrected chi connectivity index (χ2v) is 3.96. The van der Waals surface area contributed by atoms with E-state index in [1.54, 1.807) is 0 Å². The van der Waals surface area contributed by atoms with E-state index in [0.717, 1.165) is 31.9 Å². The maximum atomic E-state index is 11.6. The molecule has 86 valence electrons. The van der Waals surface area contributed by atoms with Crippen molar-refractivity contribution in [1.29, 1.82) is 0 Å². The van der Waals surface area contributed by atoms with Crippen LogP contribution in [-0.4, -0.2) is 23.0 Å². The lowest BCUT2D eigenvalue weighted by Gasteiger charge is -2.09. The van der Waals surface area contributed by atoms with E-state index in [0.29, 0.717) is 0 Å². The van der Waals surface area contributed by atoms with Gasteiger partial charge in [-0.1, -0.05) is 12.8 Å². The van der Waals surface area contributed by atoms with Gasteiger partial charge in [-0.15, -0.1) is 0 Å². The summed E-state index contributed by atoms with van der Waals surface area (Å²) in [6.45, 7) is 0. The number of carboxylic acid groups (broad SMARTS) is 1. The van der Waals surface area contributed by atoms with Crippen molar-refractivity contribution in [1.82, 2.24) is 5.32 Å². The van der Waals surface area contributed by atoms with Crippen molar-refractivity contribution < 1.29 is 19.1 Å². The first-order valence-electron chi connectivity index (χ1n) is 5.29. The van der Waals surface area contributed by atoms with Crippen LogP contribution in [0.5, 0.6) is 0 Å². The molecule has 0 spiro atoms. The third kappa shape index (κ3) is 2.24. The van der Waals surface area contributed by atoms with Crippen LogP contribution in [0, 0.1) is 0 Å². The average Bonchev–Trinajstić information content (AvgIpc) is 2.86. The smallest absolute Gasteiger partial charge is 0.338 e. The number of amides is 1. The number of nitrogens with one attached hydrogen (secondary N) is 1. The van der Waals surface area contributed by atoms with Gasteiger partial charge in [0.15, 0.2) is 5.76 Å². The lowest BCUT2D eigenvalue weighted by atomic mass is 10.2. The highest BCUT2D eigenvalue weighted by Gasteiger charge is 2.20. The van der Waals surface area contributed by atoms with Crippen LogP contribution < -0.4 is 5.32 Å². The summed E-state index contributed by atoms with van der Waals surface area (Å²) >= 11 is 0. The van der Waals surface area contributed by atoms with Gasteiger partial charge < -0.3 is 14.8 Å². The van der Waals surface area contributed by atoms with Crippen LogP contribution in [0.4, 0.5) is 0 Å². The van der Waals surface area contributed by atoms with Gasteiger partial charge in [-0.3, -0.25) is 4.79 Å². The molecule has 2 rings (SSSR count). The molecule has 2 N–H and O–H groups in total. The number of carboxylic acids is 1. The lowest BCUT2D eigenvalue weighted by molar-refractivity contribution is 0.0695. The van der Waals surface area contributed by atoms with Gasteiger partial charge in [0, 0.05) is 12.1 Å². The van der Waals surface area contributed by atoms with Crippen LogP contribution in [-0.2, 0) is 0 Å². The SMILES string of the molecule is O=C(O)c1coc(C(=O)NC2CCCC2)c1. The van der Waals surface area contributed by atoms with Gasteiger partial charge in [0.1, 0.15) is 6.26 Å². The minimum atomic E-state index is -1.09. The summed E-state index contributed by atoms with van der Waals surface area (Å²) in [6.07, 6.45) is 5.30. The second-order valence-electron chi connectivity index (χ2n) is 3.96. The van der Waals surface area contributed by atoms with E-state index in [1.165, 1.54) is 6.07 Å². The maximum Gasteiger partial charge on any atom is 0.338 e. The Morgan fingerprint density at radius 3 is 2.62 bits per heavy atom. The van der Waals surface area contributed by atoms with E-state index in [9.17, 15) is 9.59 Å².